The number of hydrogen-bond acceptors (Lipinski definition) is 3. The van der Waals surface area contributed by atoms with Gasteiger partial charge < -0.3 is 20.4 Å². The first-order valence-corrected chi connectivity index (χ1v) is 10.0. The Hall–Kier alpha value is -3.28. The Morgan fingerprint density at radius 2 is 1.97 bits per heavy atom. The van der Waals surface area contributed by atoms with Crippen LogP contribution in [0.1, 0.15) is 36.1 Å². The van der Waals surface area contributed by atoms with Crippen LogP contribution in [0.3, 0.4) is 0 Å². The first kappa shape index (κ1) is 19.1. The average Bonchev–Trinajstić information content (AvgIpc) is 3.05. The van der Waals surface area contributed by atoms with Crippen molar-refractivity contribution in [2.45, 2.75) is 32.7 Å². The SMILES string of the molecule is CCNC(=NCc1oc2ccccc2c1C)NCC1CC(=O)Nc2ccccc21. The quantitative estimate of drug-likeness (QED) is 0.456. The van der Waals surface area contributed by atoms with Crippen molar-refractivity contribution < 1.29 is 9.21 Å². The van der Waals surface area contributed by atoms with Crippen LogP contribution in [0.5, 0.6) is 0 Å². The van der Waals surface area contributed by atoms with Crippen LogP contribution in [0.4, 0.5) is 5.69 Å². The first-order valence-electron chi connectivity index (χ1n) is 10.0. The molecule has 0 saturated carbocycles. The van der Waals surface area contributed by atoms with E-state index in [0.29, 0.717) is 19.5 Å². The molecule has 3 N–H and O–H groups in total. The van der Waals surface area contributed by atoms with Crippen molar-refractivity contribution in [2.75, 3.05) is 18.4 Å². The lowest BCUT2D eigenvalue weighted by molar-refractivity contribution is -0.116. The van der Waals surface area contributed by atoms with E-state index in [9.17, 15) is 4.79 Å². The Kier molecular flexibility index (Phi) is 5.51. The molecule has 2 aromatic carbocycles. The van der Waals surface area contributed by atoms with Gasteiger partial charge in [-0.25, -0.2) is 4.99 Å². The summed E-state index contributed by atoms with van der Waals surface area (Å²) in [5.74, 6) is 1.74. The van der Waals surface area contributed by atoms with Crippen LogP contribution < -0.4 is 16.0 Å². The zero-order valence-corrected chi connectivity index (χ0v) is 16.8. The molecule has 0 spiro atoms. The Morgan fingerprint density at radius 3 is 2.79 bits per heavy atom. The molecule has 150 valence electrons. The summed E-state index contributed by atoms with van der Waals surface area (Å²) in [5, 5.41) is 10.7. The van der Waals surface area contributed by atoms with E-state index >= 15 is 0 Å². The van der Waals surface area contributed by atoms with Crippen LogP contribution >= 0.6 is 0 Å². The molecule has 4 rings (SSSR count). The van der Waals surface area contributed by atoms with E-state index in [2.05, 4.69) is 35.0 Å². The predicted octanol–water partition coefficient (Wildman–Crippen LogP) is 3.92. The average molecular weight is 390 g/mol. The number of rotatable bonds is 5. The molecule has 0 aliphatic carbocycles. The van der Waals surface area contributed by atoms with Crippen molar-refractivity contribution in [1.29, 1.82) is 0 Å². The van der Waals surface area contributed by atoms with Crippen molar-refractivity contribution in [3.63, 3.8) is 0 Å². The van der Waals surface area contributed by atoms with Gasteiger partial charge in [-0.05, 0) is 31.5 Å². The number of anilines is 1. The van der Waals surface area contributed by atoms with Gasteiger partial charge in [0, 0.05) is 42.1 Å². The smallest absolute Gasteiger partial charge is 0.225 e. The van der Waals surface area contributed by atoms with Gasteiger partial charge in [0.15, 0.2) is 5.96 Å². The lowest BCUT2D eigenvalue weighted by atomic mass is 9.90. The van der Waals surface area contributed by atoms with Gasteiger partial charge in [-0.2, -0.15) is 0 Å². The van der Waals surface area contributed by atoms with Crippen molar-refractivity contribution in [3.8, 4) is 0 Å². The Bertz CT molecular complexity index is 1050. The summed E-state index contributed by atoms with van der Waals surface area (Å²) in [6.45, 7) is 5.95. The van der Waals surface area contributed by atoms with Crippen molar-refractivity contribution in [3.05, 3.63) is 65.4 Å². The molecular formula is C23H26N4O2. The highest BCUT2D eigenvalue weighted by Crippen LogP contribution is 2.31. The van der Waals surface area contributed by atoms with E-state index in [-0.39, 0.29) is 11.8 Å². The number of aliphatic imine (C=N–C) groups is 1. The summed E-state index contributed by atoms with van der Waals surface area (Å²) in [6.07, 6.45) is 0.464. The molecule has 0 fully saturated rings. The molecule has 1 aromatic heterocycles. The number of furan rings is 1. The fourth-order valence-corrected chi connectivity index (χ4v) is 3.77. The number of aryl methyl sites for hydroxylation is 1. The van der Waals surface area contributed by atoms with Gasteiger partial charge in [0.05, 0.1) is 0 Å². The molecule has 1 aliphatic rings. The van der Waals surface area contributed by atoms with Gasteiger partial charge in [0.25, 0.3) is 0 Å². The molecule has 3 aromatic rings. The number of amides is 1. The molecule has 0 radical (unpaired) electrons. The zero-order chi connectivity index (χ0) is 20.2. The topological polar surface area (TPSA) is 78.7 Å². The normalized spacial score (nSPS) is 16.4. The van der Waals surface area contributed by atoms with E-state index in [1.54, 1.807) is 0 Å². The second-order valence-electron chi connectivity index (χ2n) is 7.26. The summed E-state index contributed by atoms with van der Waals surface area (Å²) >= 11 is 0. The van der Waals surface area contributed by atoms with Gasteiger partial charge in [-0.1, -0.05) is 36.4 Å². The first-order chi connectivity index (χ1) is 14.2. The van der Waals surface area contributed by atoms with E-state index in [1.807, 2.05) is 43.3 Å². The van der Waals surface area contributed by atoms with Gasteiger partial charge >= 0.3 is 0 Å². The number of hydrogen-bond donors (Lipinski definition) is 3. The highest BCUT2D eigenvalue weighted by atomic mass is 16.3. The molecular weight excluding hydrogens is 364 g/mol. The van der Waals surface area contributed by atoms with Crippen LogP contribution in [-0.2, 0) is 11.3 Å². The third-order valence-corrected chi connectivity index (χ3v) is 5.29. The van der Waals surface area contributed by atoms with Gasteiger partial charge in [-0.3, -0.25) is 4.79 Å². The molecule has 29 heavy (non-hydrogen) atoms. The van der Waals surface area contributed by atoms with Gasteiger partial charge in [-0.15, -0.1) is 0 Å². The minimum Gasteiger partial charge on any atom is -0.459 e. The molecule has 2 heterocycles. The fourth-order valence-electron chi connectivity index (χ4n) is 3.77. The van der Waals surface area contributed by atoms with Crippen molar-refractivity contribution in [2.24, 2.45) is 4.99 Å². The third-order valence-electron chi connectivity index (χ3n) is 5.29. The maximum atomic E-state index is 12.0. The largest absolute Gasteiger partial charge is 0.459 e. The lowest BCUT2D eigenvalue weighted by Crippen LogP contribution is -2.40. The van der Waals surface area contributed by atoms with E-state index < -0.39 is 0 Å². The van der Waals surface area contributed by atoms with E-state index in [1.165, 1.54) is 0 Å². The number of nitrogens with zero attached hydrogens (tertiary/aromatic N) is 1. The fraction of sp³-hybridized carbons (Fsp3) is 0.304. The summed E-state index contributed by atoms with van der Waals surface area (Å²) in [5.41, 5.74) is 4.06. The van der Waals surface area contributed by atoms with Crippen LogP contribution in [0, 0.1) is 6.92 Å². The van der Waals surface area contributed by atoms with E-state index in [0.717, 1.165) is 46.0 Å². The molecule has 0 bridgehead atoms. The molecule has 1 unspecified atom stereocenters. The number of benzene rings is 2. The van der Waals surface area contributed by atoms with Crippen molar-refractivity contribution in [1.82, 2.24) is 10.6 Å². The Morgan fingerprint density at radius 1 is 1.17 bits per heavy atom. The maximum absolute atomic E-state index is 12.0. The lowest BCUT2D eigenvalue weighted by Gasteiger charge is -2.26. The number of carbonyl (C=O) groups is 1. The number of fused-ring (bicyclic) bond motifs is 2. The number of guanidine groups is 1. The monoisotopic (exact) mass is 390 g/mol. The number of nitrogens with one attached hydrogen (secondary N) is 3. The van der Waals surface area contributed by atoms with Gasteiger partial charge in [0.1, 0.15) is 17.9 Å². The number of para-hydroxylation sites is 2. The van der Waals surface area contributed by atoms with Crippen LogP contribution in [0.2, 0.25) is 0 Å². The van der Waals surface area contributed by atoms with Crippen LogP contribution in [0.25, 0.3) is 11.0 Å². The number of carbonyl (C=O) groups excluding carboxylic acids is 1. The standard InChI is InChI=1S/C23H26N4O2/c1-3-24-23(26-14-21-15(2)17-8-5-7-11-20(17)29-21)25-13-16-12-22(28)27-19-10-6-4-9-18(16)19/h4-11,16H,3,12-14H2,1-2H3,(H,27,28)(H2,24,25,26). The minimum absolute atomic E-state index is 0.0512. The summed E-state index contributed by atoms with van der Waals surface area (Å²) in [7, 11) is 0. The molecule has 6 heteroatoms. The maximum Gasteiger partial charge on any atom is 0.225 e. The summed E-state index contributed by atoms with van der Waals surface area (Å²) in [4.78, 5) is 16.7. The Labute approximate surface area is 170 Å². The minimum atomic E-state index is 0.0512. The molecule has 0 saturated heterocycles. The molecule has 1 aliphatic heterocycles. The van der Waals surface area contributed by atoms with Crippen LogP contribution in [0.15, 0.2) is 57.9 Å². The highest BCUT2D eigenvalue weighted by Gasteiger charge is 2.24. The van der Waals surface area contributed by atoms with E-state index in [4.69, 9.17) is 9.41 Å². The second-order valence-corrected chi connectivity index (χ2v) is 7.26. The zero-order valence-electron chi connectivity index (χ0n) is 16.8. The highest BCUT2D eigenvalue weighted by molar-refractivity contribution is 5.94. The molecule has 1 atom stereocenters. The van der Waals surface area contributed by atoms with Crippen molar-refractivity contribution >= 4 is 28.5 Å². The van der Waals surface area contributed by atoms with Gasteiger partial charge in [0.2, 0.25) is 5.91 Å². The summed E-state index contributed by atoms with van der Waals surface area (Å²) in [6, 6.07) is 16.0. The van der Waals surface area contributed by atoms with Crippen LogP contribution in [-0.4, -0.2) is 25.0 Å². The summed E-state index contributed by atoms with van der Waals surface area (Å²) < 4.78 is 5.97. The molecule has 6 nitrogen and oxygen atoms in total. The predicted molar refractivity (Wildman–Crippen MR) is 116 cm³/mol. The second kappa shape index (κ2) is 8.39. The Balaban J connectivity index is 1.48. The third kappa shape index (κ3) is 4.11. The molecule has 1 amide bonds.